The van der Waals surface area contributed by atoms with Crippen molar-refractivity contribution in [2.45, 2.75) is 5.92 Å². The topological polar surface area (TPSA) is 71.1 Å². The molecule has 0 radical (unpaired) electrons. The van der Waals surface area contributed by atoms with Crippen LogP contribution < -0.4 is 0 Å². The van der Waals surface area contributed by atoms with Crippen molar-refractivity contribution in [3.8, 4) is 0 Å². The molecule has 6 heteroatoms. The van der Waals surface area contributed by atoms with Gasteiger partial charge >= 0.3 is 0 Å². The van der Waals surface area contributed by atoms with Crippen molar-refractivity contribution in [1.82, 2.24) is 20.1 Å². The fourth-order valence-electron chi connectivity index (χ4n) is 2.90. The first-order valence-corrected chi connectivity index (χ1v) is 6.97. The SMILES string of the molecule is COC[C@@H]1CN(C(=O)c2cn[nH]c2)C[C@H]1c1ccccn1. The summed E-state index contributed by atoms with van der Waals surface area (Å²) in [5.74, 6) is 0.478. The van der Waals surface area contributed by atoms with Crippen LogP contribution in [-0.2, 0) is 4.74 Å². The molecule has 6 nitrogen and oxygen atoms in total. The molecular formula is C15H18N4O2. The molecule has 1 fully saturated rings. The first-order valence-electron chi connectivity index (χ1n) is 6.97. The van der Waals surface area contributed by atoms with Crippen molar-refractivity contribution in [2.24, 2.45) is 5.92 Å². The van der Waals surface area contributed by atoms with Gasteiger partial charge in [0.25, 0.3) is 5.91 Å². The molecule has 0 bridgehead atoms. The summed E-state index contributed by atoms with van der Waals surface area (Å²) in [5.41, 5.74) is 1.61. The lowest BCUT2D eigenvalue weighted by Gasteiger charge is -2.16. The van der Waals surface area contributed by atoms with Gasteiger partial charge in [-0.05, 0) is 12.1 Å². The van der Waals surface area contributed by atoms with Crippen LogP contribution in [0.15, 0.2) is 36.8 Å². The number of hydrogen-bond acceptors (Lipinski definition) is 4. The summed E-state index contributed by atoms with van der Waals surface area (Å²) < 4.78 is 5.31. The third kappa shape index (κ3) is 2.80. The highest BCUT2D eigenvalue weighted by molar-refractivity contribution is 5.93. The van der Waals surface area contributed by atoms with E-state index in [1.54, 1.807) is 25.7 Å². The van der Waals surface area contributed by atoms with Crippen molar-refractivity contribution in [3.63, 3.8) is 0 Å². The van der Waals surface area contributed by atoms with Crippen LogP contribution in [0.1, 0.15) is 22.0 Å². The van der Waals surface area contributed by atoms with E-state index < -0.39 is 0 Å². The summed E-state index contributed by atoms with van der Waals surface area (Å²) >= 11 is 0. The van der Waals surface area contributed by atoms with Crippen LogP contribution in [0.5, 0.6) is 0 Å². The van der Waals surface area contributed by atoms with Gasteiger partial charge in [-0.1, -0.05) is 6.07 Å². The monoisotopic (exact) mass is 286 g/mol. The van der Waals surface area contributed by atoms with Gasteiger partial charge in [-0.15, -0.1) is 0 Å². The summed E-state index contributed by atoms with van der Waals surface area (Å²) in [7, 11) is 1.69. The van der Waals surface area contributed by atoms with Crippen LogP contribution in [-0.4, -0.2) is 52.8 Å². The first kappa shape index (κ1) is 13.8. The molecule has 1 N–H and O–H groups in total. The Morgan fingerprint density at radius 1 is 1.48 bits per heavy atom. The van der Waals surface area contributed by atoms with Crippen LogP contribution in [0.2, 0.25) is 0 Å². The Kier molecular flexibility index (Phi) is 3.96. The summed E-state index contributed by atoms with van der Waals surface area (Å²) in [6, 6.07) is 5.89. The Balaban J connectivity index is 1.79. The fourth-order valence-corrected chi connectivity index (χ4v) is 2.90. The number of amides is 1. The van der Waals surface area contributed by atoms with Crippen molar-refractivity contribution in [2.75, 3.05) is 26.8 Å². The Labute approximate surface area is 123 Å². The van der Waals surface area contributed by atoms with Gasteiger partial charge in [-0.3, -0.25) is 14.9 Å². The predicted molar refractivity (Wildman–Crippen MR) is 76.8 cm³/mol. The molecule has 2 aromatic heterocycles. The predicted octanol–water partition coefficient (Wildman–Crippen LogP) is 1.31. The van der Waals surface area contributed by atoms with Gasteiger partial charge in [0.1, 0.15) is 0 Å². The number of methoxy groups -OCH3 is 1. The van der Waals surface area contributed by atoms with Crippen molar-refractivity contribution < 1.29 is 9.53 Å². The van der Waals surface area contributed by atoms with E-state index >= 15 is 0 Å². The average molecular weight is 286 g/mol. The summed E-state index contributed by atoms with van der Waals surface area (Å²) in [6.07, 6.45) is 4.98. The highest BCUT2D eigenvalue weighted by Gasteiger charge is 2.37. The number of likely N-dealkylation sites (tertiary alicyclic amines) is 1. The molecule has 0 aliphatic carbocycles. The number of aromatic amines is 1. The second kappa shape index (κ2) is 6.05. The molecule has 3 heterocycles. The molecule has 3 rings (SSSR count). The quantitative estimate of drug-likeness (QED) is 0.920. The van der Waals surface area contributed by atoms with Crippen LogP contribution >= 0.6 is 0 Å². The number of pyridine rings is 1. The zero-order chi connectivity index (χ0) is 14.7. The molecule has 1 aliphatic heterocycles. The minimum Gasteiger partial charge on any atom is -0.384 e. The number of nitrogens with zero attached hydrogens (tertiary/aromatic N) is 3. The van der Waals surface area contributed by atoms with E-state index in [2.05, 4.69) is 15.2 Å². The van der Waals surface area contributed by atoms with Crippen LogP contribution in [0.4, 0.5) is 0 Å². The number of H-pyrrole nitrogens is 1. The maximum Gasteiger partial charge on any atom is 0.257 e. The van der Waals surface area contributed by atoms with Gasteiger partial charge < -0.3 is 9.64 Å². The summed E-state index contributed by atoms with van der Waals surface area (Å²) in [4.78, 5) is 18.7. The lowest BCUT2D eigenvalue weighted by atomic mass is 9.93. The Morgan fingerprint density at radius 2 is 2.38 bits per heavy atom. The molecule has 1 aliphatic rings. The normalized spacial score (nSPS) is 21.7. The molecule has 2 aromatic rings. The molecule has 0 aromatic carbocycles. The summed E-state index contributed by atoms with van der Waals surface area (Å²) in [5, 5.41) is 6.52. The molecule has 2 atom stereocenters. The second-order valence-electron chi connectivity index (χ2n) is 5.27. The highest BCUT2D eigenvalue weighted by atomic mass is 16.5. The Morgan fingerprint density at radius 3 is 3.05 bits per heavy atom. The zero-order valence-corrected chi connectivity index (χ0v) is 11.9. The molecule has 0 saturated carbocycles. The average Bonchev–Trinajstić information content (AvgIpc) is 3.18. The van der Waals surface area contributed by atoms with Gasteiger partial charge in [-0.2, -0.15) is 5.10 Å². The number of carbonyl (C=O) groups excluding carboxylic acids is 1. The van der Waals surface area contributed by atoms with Crippen molar-refractivity contribution >= 4 is 5.91 Å². The summed E-state index contributed by atoms with van der Waals surface area (Å²) in [6.45, 7) is 1.96. The number of carbonyl (C=O) groups is 1. The van der Waals surface area contributed by atoms with E-state index in [-0.39, 0.29) is 17.7 Å². The Hall–Kier alpha value is -2.21. The van der Waals surface area contributed by atoms with E-state index in [4.69, 9.17) is 4.74 Å². The number of aromatic nitrogens is 3. The van der Waals surface area contributed by atoms with E-state index in [0.717, 1.165) is 5.69 Å². The maximum absolute atomic E-state index is 12.4. The van der Waals surface area contributed by atoms with Crippen LogP contribution in [0, 0.1) is 5.92 Å². The minimum absolute atomic E-state index is 0.00304. The van der Waals surface area contributed by atoms with Gasteiger partial charge in [0.05, 0.1) is 18.4 Å². The third-order valence-corrected chi connectivity index (χ3v) is 3.92. The van der Waals surface area contributed by atoms with E-state index in [1.807, 2.05) is 23.1 Å². The minimum atomic E-state index is 0.00304. The fraction of sp³-hybridized carbons (Fsp3) is 0.400. The molecule has 1 amide bonds. The lowest BCUT2D eigenvalue weighted by Crippen LogP contribution is -2.29. The number of rotatable bonds is 4. The second-order valence-corrected chi connectivity index (χ2v) is 5.27. The van der Waals surface area contributed by atoms with E-state index in [0.29, 0.717) is 25.3 Å². The van der Waals surface area contributed by atoms with Crippen molar-refractivity contribution in [3.05, 3.63) is 48.0 Å². The van der Waals surface area contributed by atoms with Crippen LogP contribution in [0.3, 0.4) is 0 Å². The Bertz CT molecular complexity index is 585. The third-order valence-electron chi connectivity index (χ3n) is 3.92. The molecular weight excluding hydrogens is 268 g/mol. The van der Waals surface area contributed by atoms with E-state index in [1.165, 1.54) is 0 Å². The van der Waals surface area contributed by atoms with Gasteiger partial charge in [0.2, 0.25) is 0 Å². The van der Waals surface area contributed by atoms with Gasteiger partial charge in [0.15, 0.2) is 0 Å². The smallest absolute Gasteiger partial charge is 0.257 e. The van der Waals surface area contributed by atoms with Gasteiger partial charge in [0, 0.05) is 50.1 Å². The molecule has 21 heavy (non-hydrogen) atoms. The van der Waals surface area contributed by atoms with Crippen molar-refractivity contribution in [1.29, 1.82) is 0 Å². The van der Waals surface area contributed by atoms with E-state index in [9.17, 15) is 4.79 Å². The number of nitrogens with one attached hydrogen (secondary N) is 1. The molecule has 1 saturated heterocycles. The first-order chi connectivity index (χ1) is 10.3. The maximum atomic E-state index is 12.4. The lowest BCUT2D eigenvalue weighted by molar-refractivity contribution is 0.0775. The van der Waals surface area contributed by atoms with Crippen LogP contribution in [0.25, 0.3) is 0 Å². The number of ether oxygens (including phenoxy) is 1. The molecule has 0 unspecified atom stereocenters. The molecule has 0 spiro atoms. The molecule has 110 valence electrons. The largest absolute Gasteiger partial charge is 0.384 e. The standard InChI is InChI=1S/C15H18N4O2/c1-21-10-12-8-19(15(20)11-6-17-18-7-11)9-13(12)14-4-2-3-5-16-14/h2-7,12-13H,8-10H2,1H3,(H,17,18)/t12-,13+/m0/s1. The highest BCUT2D eigenvalue weighted by Crippen LogP contribution is 2.32. The van der Waals surface area contributed by atoms with Gasteiger partial charge in [-0.25, -0.2) is 0 Å². The number of hydrogen-bond donors (Lipinski definition) is 1. The zero-order valence-electron chi connectivity index (χ0n) is 11.9.